The predicted octanol–water partition coefficient (Wildman–Crippen LogP) is 2.96. The second kappa shape index (κ2) is 7.82. The van der Waals surface area contributed by atoms with Crippen molar-refractivity contribution < 1.29 is 18.8 Å². The minimum atomic E-state index is -0.377. The number of nitrogens with zero attached hydrogens (tertiary/aromatic N) is 3. The van der Waals surface area contributed by atoms with Crippen LogP contribution in [0.2, 0.25) is 0 Å². The third-order valence-corrected chi connectivity index (χ3v) is 4.67. The van der Waals surface area contributed by atoms with Gasteiger partial charge in [0.05, 0.1) is 19.2 Å². The van der Waals surface area contributed by atoms with Gasteiger partial charge in [0.15, 0.2) is 0 Å². The molecule has 0 bridgehead atoms. The monoisotopic (exact) mass is 379 g/mol. The average Bonchev–Trinajstić information content (AvgIpc) is 3.33. The van der Waals surface area contributed by atoms with Gasteiger partial charge in [-0.2, -0.15) is 4.98 Å². The lowest BCUT2D eigenvalue weighted by atomic mass is 10.1. The number of methoxy groups -OCH3 is 1. The number of hydrogen-bond acceptors (Lipinski definition) is 7. The van der Waals surface area contributed by atoms with E-state index in [1.165, 1.54) is 12.7 Å². The summed E-state index contributed by atoms with van der Waals surface area (Å²) in [6.07, 6.45) is 1.03. The van der Waals surface area contributed by atoms with Crippen molar-refractivity contribution >= 4 is 5.97 Å². The Morgan fingerprint density at radius 2 is 2.00 bits per heavy atom. The summed E-state index contributed by atoms with van der Waals surface area (Å²) < 4.78 is 16.1. The molecule has 0 spiro atoms. The third-order valence-electron chi connectivity index (χ3n) is 4.67. The van der Waals surface area contributed by atoms with Crippen LogP contribution in [0.4, 0.5) is 0 Å². The van der Waals surface area contributed by atoms with Gasteiger partial charge in [-0.15, -0.1) is 0 Å². The maximum absolute atomic E-state index is 11.5. The molecule has 0 N–H and O–H groups in total. The van der Waals surface area contributed by atoms with Crippen LogP contribution in [0, 0.1) is 0 Å². The molecule has 1 aliphatic rings. The van der Waals surface area contributed by atoms with Crippen molar-refractivity contribution in [3.05, 3.63) is 65.5 Å². The van der Waals surface area contributed by atoms with E-state index in [1.807, 2.05) is 25.2 Å². The fraction of sp³-hybridized carbons (Fsp3) is 0.286. The van der Waals surface area contributed by atoms with Crippen LogP contribution in [0.5, 0.6) is 5.75 Å². The zero-order valence-corrected chi connectivity index (χ0v) is 15.8. The highest BCUT2D eigenvalue weighted by molar-refractivity contribution is 5.89. The number of esters is 1. The highest BCUT2D eigenvalue weighted by Crippen LogP contribution is 2.28. The topological polar surface area (TPSA) is 77.7 Å². The number of rotatable bonds is 6. The molecule has 7 heteroatoms. The van der Waals surface area contributed by atoms with Crippen molar-refractivity contribution in [3.63, 3.8) is 0 Å². The fourth-order valence-corrected chi connectivity index (χ4v) is 3.31. The largest absolute Gasteiger partial charge is 0.488 e. The predicted molar refractivity (Wildman–Crippen MR) is 102 cm³/mol. The SMILES string of the molecule is COC(=O)c1ccc(-c2noc(CN(C)CC3Cc4ccccc4O3)n2)cc1. The van der Waals surface area contributed by atoms with Crippen LogP contribution in [-0.2, 0) is 17.7 Å². The highest BCUT2D eigenvalue weighted by atomic mass is 16.5. The van der Waals surface area contributed by atoms with Crippen molar-refractivity contribution in [2.75, 3.05) is 20.7 Å². The Morgan fingerprint density at radius 3 is 2.75 bits per heavy atom. The Labute approximate surface area is 162 Å². The van der Waals surface area contributed by atoms with Gasteiger partial charge in [0, 0.05) is 18.5 Å². The van der Waals surface area contributed by atoms with E-state index < -0.39 is 0 Å². The molecule has 0 saturated carbocycles. The van der Waals surface area contributed by atoms with Crippen molar-refractivity contribution in [2.24, 2.45) is 0 Å². The Bertz CT molecular complexity index is 943. The number of benzene rings is 2. The standard InChI is InChI=1S/C21H21N3O4/c1-24(12-17-11-16-5-3-4-6-18(16)27-17)13-19-22-20(23-28-19)14-7-9-15(10-8-14)21(25)26-2/h3-10,17H,11-13H2,1-2H3. The molecule has 28 heavy (non-hydrogen) atoms. The van der Waals surface area contributed by atoms with E-state index in [1.54, 1.807) is 24.3 Å². The molecule has 144 valence electrons. The Morgan fingerprint density at radius 1 is 1.21 bits per heavy atom. The number of carbonyl (C=O) groups excluding carboxylic acids is 1. The molecule has 1 atom stereocenters. The van der Waals surface area contributed by atoms with Crippen LogP contribution < -0.4 is 4.74 Å². The molecule has 1 aromatic heterocycles. The van der Waals surface area contributed by atoms with E-state index in [0.717, 1.165) is 24.3 Å². The van der Waals surface area contributed by atoms with Gasteiger partial charge in [0.25, 0.3) is 0 Å². The number of aromatic nitrogens is 2. The Kier molecular flexibility index (Phi) is 5.08. The van der Waals surface area contributed by atoms with Crippen LogP contribution in [0.1, 0.15) is 21.8 Å². The van der Waals surface area contributed by atoms with Gasteiger partial charge >= 0.3 is 5.97 Å². The Balaban J connectivity index is 1.35. The van der Waals surface area contributed by atoms with E-state index in [-0.39, 0.29) is 12.1 Å². The molecule has 0 amide bonds. The van der Waals surface area contributed by atoms with Crippen molar-refractivity contribution in [2.45, 2.75) is 19.1 Å². The van der Waals surface area contributed by atoms with Gasteiger partial charge in [0.1, 0.15) is 11.9 Å². The summed E-state index contributed by atoms with van der Waals surface area (Å²) in [6.45, 7) is 1.30. The lowest BCUT2D eigenvalue weighted by Gasteiger charge is -2.18. The first-order valence-electron chi connectivity index (χ1n) is 9.07. The van der Waals surface area contributed by atoms with Crippen LogP contribution in [0.15, 0.2) is 53.1 Å². The van der Waals surface area contributed by atoms with Gasteiger partial charge in [-0.25, -0.2) is 4.79 Å². The molecule has 0 aliphatic carbocycles. The van der Waals surface area contributed by atoms with E-state index in [2.05, 4.69) is 21.1 Å². The molecular formula is C21H21N3O4. The van der Waals surface area contributed by atoms with Crippen molar-refractivity contribution in [3.8, 4) is 17.1 Å². The molecule has 1 unspecified atom stereocenters. The van der Waals surface area contributed by atoms with Gasteiger partial charge in [-0.1, -0.05) is 35.5 Å². The third kappa shape index (κ3) is 3.89. The van der Waals surface area contributed by atoms with Crippen molar-refractivity contribution in [1.82, 2.24) is 15.0 Å². The highest BCUT2D eigenvalue weighted by Gasteiger charge is 2.24. The first-order valence-corrected chi connectivity index (χ1v) is 9.07. The van der Waals surface area contributed by atoms with Crippen LogP contribution in [0.25, 0.3) is 11.4 Å². The van der Waals surface area contributed by atoms with Crippen LogP contribution >= 0.6 is 0 Å². The van der Waals surface area contributed by atoms with Gasteiger partial charge in [-0.3, -0.25) is 4.90 Å². The number of ether oxygens (including phenoxy) is 2. The summed E-state index contributed by atoms with van der Waals surface area (Å²) in [4.78, 5) is 18.1. The zero-order valence-electron chi connectivity index (χ0n) is 15.8. The summed E-state index contributed by atoms with van der Waals surface area (Å²) in [5.41, 5.74) is 2.50. The maximum atomic E-state index is 11.5. The molecule has 2 aromatic carbocycles. The second-order valence-electron chi connectivity index (χ2n) is 6.83. The molecule has 0 radical (unpaired) electrons. The summed E-state index contributed by atoms with van der Waals surface area (Å²) in [7, 11) is 3.36. The number of likely N-dealkylation sites (N-methyl/N-ethyl adjacent to an activating group) is 1. The minimum absolute atomic E-state index is 0.121. The minimum Gasteiger partial charge on any atom is -0.488 e. The maximum Gasteiger partial charge on any atom is 0.337 e. The average molecular weight is 379 g/mol. The number of hydrogen-bond donors (Lipinski definition) is 0. The first-order chi connectivity index (χ1) is 13.6. The van der Waals surface area contributed by atoms with Crippen molar-refractivity contribution in [1.29, 1.82) is 0 Å². The molecule has 0 fully saturated rings. The van der Waals surface area contributed by atoms with Gasteiger partial charge < -0.3 is 14.0 Å². The smallest absolute Gasteiger partial charge is 0.337 e. The molecular weight excluding hydrogens is 358 g/mol. The molecule has 1 aliphatic heterocycles. The molecule has 3 aromatic rings. The normalized spacial score (nSPS) is 15.3. The number of carbonyl (C=O) groups is 1. The zero-order chi connectivity index (χ0) is 19.5. The lowest BCUT2D eigenvalue weighted by molar-refractivity contribution is 0.0600. The van der Waals surface area contributed by atoms with E-state index >= 15 is 0 Å². The van der Waals surface area contributed by atoms with E-state index in [4.69, 9.17) is 14.0 Å². The number of para-hydroxylation sites is 1. The van der Waals surface area contributed by atoms with Crippen LogP contribution in [-0.4, -0.2) is 47.8 Å². The first kappa shape index (κ1) is 18.2. The second-order valence-corrected chi connectivity index (χ2v) is 6.83. The van der Waals surface area contributed by atoms with Gasteiger partial charge in [-0.05, 0) is 30.8 Å². The molecule has 7 nitrogen and oxygen atoms in total. The van der Waals surface area contributed by atoms with E-state index in [0.29, 0.717) is 23.8 Å². The molecule has 4 rings (SSSR count). The van der Waals surface area contributed by atoms with Gasteiger partial charge in [0.2, 0.25) is 11.7 Å². The summed E-state index contributed by atoms with van der Waals surface area (Å²) in [5.74, 6) is 1.61. The van der Waals surface area contributed by atoms with E-state index in [9.17, 15) is 4.79 Å². The fourth-order valence-electron chi connectivity index (χ4n) is 3.31. The lowest BCUT2D eigenvalue weighted by Crippen LogP contribution is -2.31. The quantitative estimate of drug-likeness (QED) is 0.609. The number of fused-ring (bicyclic) bond motifs is 1. The van der Waals surface area contributed by atoms with Crippen LogP contribution in [0.3, 0.4) is 0 Å². The molecule has 2 heterocycles. The molecule has 0 saturated heterocycles. The summed E-state index contributed by atoms with van der Waals surface area (Å²) in [6, 6.07) is 15.0. The summed E-state index contributed by atoms with van der Waals surface area (Å²) in [5, 5.41) is 4.04. The Hall–Kier alpha value is -3.19. The summed E-state index contributed by atoms with van der Waals surface area (Å²) >= 11 is 0.